The first-order chi connectivity index (χ1) is 9.37. The van der Waals surface area contributed by atoms with Crippen molar-refractivity contribution in [2.75, 3.05) is 33.4 Å². The third-order valence-electron chi connectivity index (χ3n) is 3.67. The molecule has 2 N–H and O–H groups in total. The fraction of sp³-hybridized carbons (Fsp3) is 0.933. The van der Waals surface area contributed by atoms with Gasteiger partial charge in [-0.05, 0) is 53.1 Å². The second-order valence-electron chi connectivity index (χ2n) is 5.79. The topological polar surface area (TPSA) is 61.8 Å². The van der Waals surface area contributed by atoms with Crippen molar-refractivity contribution >= 4 is 5.97 Å². The lowest BCUT2D eigenvalue weighted by Crippen LogP contribution is -2.50. The van der Waals surface area contributed by atoms with Crippen LogP contribution in [0.25, 0.3) is 0 Å². The normalized spacial score (nSPS) is 14.8. The van der Waals surface area contributed by atoms with E-state index in [1.807, 2.05) is 6.92 Å². The molecule has 0 bridgehead atoms. The molecule has 0 saturated heterocycles. The number of carboxylic acids is 1. The van der Waals surface area contributed by atoms with Crippen LogP contribution in [-0.2, 0) is 9.53 Å². The van der Waals surface area contributed by atoms with Gasteiger partial charge in [-0.15, -0.1) is 0 Å². The van der Waals surface area contributed by atoms with Gasteiger partial charge < -0.3 is 15.2 Å². The number of hydrogen-bond acceptors (Lipinski definition) is 4. The van der Waals surface area contributed by atoms with Crippen molar-refractivity contribution in [2.45, 2.75) is 58.5 Å². The molecule has 0 fully saturated rings. The molecule has 5 nitrogen and oxygen atoms in total. The summed E-state index contributed by atoms with van der Waals surface area (Å²) in [6.45, 7) is 11.4. The fourth-order valence-corrected chi connectivity index (χ4v) is 2.14. The number of hydrogen-bond donors (Lipinski definition) is 2. The Balaban J connectivity index is 4.29. The summed E-state index contributed by atoms with van der Waals surface area (Å²) in [5, 5.41) is 12.5. The van der Waals surface area contributed by atoms with Crippen LogP contribution in [0.3, 0.4) is 0 Å². The van der Waals surface area contributed by atoms with E-state index < -0.39 is 11.5 Å². The predicted molar refractivity (Wildman–Crippen MR) is 82.2 cm³/mol. The molecular weight excluding hydrogens is 256 g/mol. The average molecular weight is 288 g/mol. The van der Waals surface area contributed by atoms with Crippen molar-refractivity contribution in [3.05, 3.63) is 0 Å². The highest BCUT2D eigenvalue weighted by atomic mass is 16.5. The summed E-state index contributed by atoms with van der Waals surface area (Å²) in [6.07, 6.45) is 2.44. The first-order valence-corrected chi connectivity index (χ1v) is 7.58. The largest absolute Gasteiger partial charge is 0.480 e. The molecule has 0 spiro atoms. The van der Waals surface area contributed by atoms with Gasteiger partial charge in [0.25, 0.3) is 0 Å². The molecule has 0 aliphatic rings. The van der Waals surface area contributed by atoms with Gasteiger partial charge in [0, 0.05) is 19.7 Å². The Bertz CT molecular complexity index is 272. The van der Waals surface area contributed by atoms with Crippen LogP contribution in [0.15, 0.2) is 0 Å². The molecule has 0 heterocycles. The third kappa shape index (κ3) is 7.22. The van der Waals surface area contributed by atoms with Crippen molar-refractivity contribution in [3.8, 4) is 0 Å². The van der Waals surface area contributed by atoms with Crippen LogP contribution in [0.4, 0.5) is 0 Å². The van der Waals surface area contributed by atoms with Crippen molar-refractivity contribution in [1.29, 1.82) is 0 Å². The molecular formula is C15H32N2O3. The van der Waals surface area contributed by atoms with Gasteiger partial charge >= 0.3 is 5.97 Å². The fourth-order valence-electron chi connectivity index (χ4n) is 2.14. The lowest BCUT2D eigenvalue weighted by atomic mass is 9.95. The maximum absolute atomic E-state index is 11.4. The maximum Gasteiger partial charge on any atom is 0.323 e. The summed E-state index contributed by atoms with van der Waals surface area (Å²) in [5.41, 5.74) is -0.820. The van der Waals surface area contributed by atoms with Gasteiger partial charge in [-0.25, -0.2) is 0 Å². The van der Waals surface area contributed by atoms with Gasteiger partial charge in [-0.3, -0.25) is 9.69 Å². The predicted octanol–water partition coefficient (Wildman–Crippen LogP) is 1.97. The van der Waals surface area contributed by atoms with Crippen molar-refractivity contribution in [3.63, 3.8) is 0 Å². The molecule has 0 rings (SSSR count). The van der Waals surface area contributed by atoms with E-state index in [9.17, 15) is 9.90 Å². The number of ether oxygens (including phenoxy) is 1. The van der Waals surface area contributed by atoms with Gasteiger partial charge in [0.05, 0.1) is 6.61 Å². The Morgan fingerprint density at radius 3 is 2.50 bits per heavy atom. The van der Waals surface area contributed by atoms with Crippen LogP contribution in [0.2, 0.25) is 0 Å². The summed E-state index contributed by atoms with van der Waals surface area (Å²) >= 11 is 0. The molecule has 0 saturated carbocycles. The quantitative estimate of drug-likeness (QED) is 0.575. The molecule has 0 aromatic rings. The molecule has 0 aromatic heterocycles. The third-order valence-corrected chi connectivity index (χ3v) is 3.67. The molecule has 1 atom stereocenters. The highest BCUT2D eigenvalue weighted by Gasteiger charge is 2.31. The van der Waals surface area contributed by atoms with Gasteiger partial charge in [-0.2, -0.15) is 0 Å². The van der Waals surface area contributed by atoms with E-state index in [0.717, 1.165) is 32.5 Å². The Hall–Kier alpha value is -0.650. The number of aliphatic carboxylic acids is 1. The van der Waals surface area contributed by atoms with Gasteiger partial charge in [0.1, 0.15) is 5.54 Å². The van der Waals surface area contributed by atoms with Crippen LogP contribution in [0.5, 0.6) is 0 Å². The highest BCUT2D eigenvalue weighted by Crippen LogP contribution is 2.14. The maximum atomic E-state index is 11.4. The van der Waals surface area contributed by atoms with Gasteiger partial charge in [0.15, 0.2) is 0 Å². The Morgan fingerprint density at radius 1 is 1.40 bits per heavy atom. The van der Waals surface area contributed by atoms with Crippen LogP contribution in [0.1, 0.15) is 47.0 Å². The zero-order valence-corrected chi connectivity index (χ0v) is 13.7. The van der Waals surface area contributed by atoms with E-state index in [1.54, 1.807) is 14.0 Å². The van der Waals surface area contributed by atoms with Gasteiger partial charge in [0.2, 0.25) is 0 Å². The Morgan fingerprint density at radius 2 is 2.05 bits per heavy atom. The van der Waals surface area contributed by atoms with E-state index in [0.29, 0.717) is 19.1 Å². The SMILES string of the molecule is CCCNC(C)(CCCN(CCOC)C(C)C)C(=O)O. The molecule has 0 radical (unpaired) electrons. The number of rotatable bonds is 12. The summed E-state index contributed by atoms with van der Waals surface area (Å²) in [4.78, 5) is 13.7. The zero-order valence-electron chi connectivity index (χ0n) is 13.7. The molecule has 120 valence electrons. The van der Waals surface area contributed by atoms with Crippen LogP contribution in [-0.4, -0.2) is 60.9 Å². The lowest BCUT2D eigenvalue weighted by Gasteiger charge is -2.30. The summed E-state index contributed by atoms with van der Waals surface area (Å²) in [6, 6.07) is 0.449. The first kappa shape index (κ1) is 19.4. The number of carboxylic acid groups (broad SMARTS) is 1. The molecule has 1 unspecified atom stereocenters. The molecule has 0 aromatic carbocycles. The Labute approximate surface area is 123 Å². The van der Waals surface area contributed by atoms with Crippen LogP contribution in [0, 0.1) is 0 Å². The number of methoxy groups -OCH3 is 1. The number of nitrogens with one attached hydrogen (secondary N) is 1. The van der Waals surface area contributed by atoms with E-state index in [-0.39, 0.29) is 0 Å². The Kier molecular flexibility index (Phi) is 9.80. The van der Waals surface area contributed by atoms with E-state index >= 15 is 0 Å². The summed E-state index contributed by atoms with van der Waals surface area (Å²) in [5.74, 6) is -0.765. The summed E-state index contributed by atoms with van der Waals surface area (Å²) < 4.78 is 5.11. The number of carbonyl (C=O) groups is 1. The van der Waals surface area contributed by atoms with E-state index in [1.165, 1.54) is 0 Å². The standard InChI is InChI=1S/C15H32N2O3/c1-6-9-16-15(4,14(18)19)8-7-10-17(13(2)3)11-12-20-5/h13,16H,6-12H2,1-5H3,(H,18,19). The minimum absolute atomic E-state index is 0.449. The molecule has 5 heteroatoms. The van der Waals surface area contributed by atoms with Crippen LogP contribution >= 0.6 is 0 Å². The van der Waals surface area contributed by atoms with Crippen molar-refractivity contribution < 1.29 is 14.6 Å². The van der Waals surface area contributed by atoms with E-state index in [2.05, 4.69) is 24.1 Å². The minimum atomic E-state index is -0.820. The second-order valence-corrected chi connectivity index (χ2v) is 5.79. The minimum Gasteiger partial charge on any atom is -0.480 e. The van der Waals surface area contributed by atoms with Crippen LogP contribution < -0.4 is 5.32 Å². The molecule has 20 heavy (non-hydrogen) atoms. The molecule has 0 amide bonds. The zero-order chi connectivity index (χ0) is 15.6. The van der Waals surface area contributed by atoms with E-state index in [4.69, 9.17) is 4.74 Å². The first-order valence-electron chi connectivity index (χ1n) is 7.58. The second kappa shape index (κ2) is 10.1. The number of nitrogens with zero attached hydrogens (tertiary/aromatic N) is 1. The summed E-state index contributed by atoms with van der Waals surface area (Å²) in [7, 11) is 1.70. The monoisotopic (exact) mass is 288 g/mol. The highest BCUT2D eigenvalue weighted by molar-refractivity contribution is 5.78. The molecule has 0 aliphatic heterocycles. The lowest BCUT2D eigenvalue weighted by molar-refractivity contribution is -0.144. The smallest absolute Gasteiger partial charge is 0.323 e. The van der Waals surface area contributed by atoms with Crippen molar-refractivity contribution in [2.24, 2.45) is 0 Å². The average Bonchev–Trinajstić information content (AvgIpc) is 2.39. The van der Waals surface area contributed by atoms with Crippen molar-refractivity contribution in [1.82, 2.24) is 10.2 Å². The van der Waals surface area contributed by atoms with Gasteiger partial charge in [-0.1, -0.05) is 6.92 Å². The molecule has 0 aliphatic carbocycles.